The van der Waals surface area contributed by atoms with Gasteiger partial charge in [-0.1, -0.05) is 45.4 Å². The van der Waals surface area contributed by atoms with Gasteiger partial charge in [-0.3, -0.25) is 0 Å². The van der Waals surface area contributed by atoms with E-state index in [1.165, 1.54) is 0 Å². The van der Waals surface area contributed by atoms with E-state index >= 15 is 0 Å². The molecule has 0 bridgehead atoms. The van der Waals surface area contributed by atoms with E-state index < -0.39 is 5.97 Å². The van der Waals surface area contributed by atoms with Crippen molar-refractivity contribution in [1.82, 2.24) is 15.0 Å². The minimum Gasteiger partial charge on any atom is -0.478 e. The molecule has 21 heavy (non-hydrogen) atoms. The Morgan fingerprint density at radius 3 is 2.62 bits per heavy atom. The molecule has 2 aromatic carbocycles. The lowest BCUT2D eigenvalue weighted by Crippen LogP contribution is -2.04. The molecule has 0 aliphatic rings. The number of rotatable bonds is 3. The van der Waals surface area contributed by atoms with Crippen LogP contribution in [-0.2, 0) is 0 Å². The molecule has 0 aliphatic heterocycles. The maximum atomic E-state index is 11.4. The molecule has 6 heteroatoms. The van der Waals surface area contributed by atoms with Gasteiger partial charge < -0.3 is 5.11 Å². The van der Waals surface area contributed by atoms with Gasteiger partial charge >= 0.3 is 5.97 Å². The van der Waals surface area contributed by atoms with Gasteiger partial charge in [0.2, 0.25) is 0 Å². The average Bonchev–Trinajstić information content (AvgIpc) is 2.97. The maximum Gasteiger partial charge on any atom is 0.336 e. The molecule has 0 amide bonds. The molecule has 1 heterocycles. The summed E-state index contributed by atoms with van der Waals surface area (Å²) in [5, 5.41) is 17.3. The quantitative estimate of drug-likeness (QED) is 0.791. The van der Waals surface area contributed by atoms with Crippen LogP contribution in [0.4, 0.5) is 0 Å². The number of carboxylic acids is 1. The van der Waals surface area contributed by atoms with Crippen molar-refractivity contribution in [2.75, 3.05) is 0 Å². The highest BCUT2D eigenvalue weighted by molar-refractivity contribution is 9.10. The largest absolute Gasteiger partial charge is 0.478 e. The highest BCUT2D eigenvalue weighted by Gasteiger charge is 2.17. The van der Waals surface area contributed by atoms with E-state index in [0.29, 0.717) is 15.7 Å². The van der Waals surface area contributed by atoms with Gasteiger partial charge in [0.25, 0.3) is 0 Å². The Morgan fingerprint density at radius 1 is 1.14 bits per heavy atom. The first kappa shape index (κ1) is 13.5. The van der Waals surface area contributed by atoms with E-state index in [9.17, 15) is 9.90 Å². The number of carboxylic acid groups (broad SMARTS) is 1. The summed E-state index contributed by atoms with van der Waals surface area (Å²) in [7, 11) is 0. The van der Waals surface area contributed by atoms with Crippen LogP contribution in [0.15, 0.2) is 59.2 Å². The molecular formula is C15H10BrN3O2. The van der Waals surface area contributed by atoms with Crippen LogP contribution in [0.5, 0.6) is 0 Å². The minimum atomic E-state index is -0.993. The van der Waals surface area contributed by atoms with Crippen molar-refractivity contribution < 1.29 is 9.90 Å². The highest BCUT2D eigenvalue weighted by atomic mass is 79.9. The van der Waals surface area contributed by atoms with Gasteiger partial charge in [0.1, 0.15) is 0 Å². The maximum absolute atomic E-state index is 11.4. The Balaban J connectivity index is 2.20. The Kier molecular flexibility index (Phi) is 3.53. The van der Waals surface area contributed by atoms with Crippen LogP contribution in [0.3, 0.4) is 0 Å². The minimum absolute atomic E-state index is 0.198. The first-order valence-electron chi connectivity index (χ1n) is 6.16. The van der Waals surface area contributed by atoms with Crippen LogP contribution in [-0.4, -0.2) is 26.1 Å². The molecule has 3 aromatic rings. The van der Waals surface area contributed by atoms with E-state index in [-0.39, 0.29) is 5.56 Å². The van der Waals surface area contributed by atoms with E-state index in [1.54, 1.807) is 29.1 Å². The normalized spacial score (nSPS) is 10.5. The van der Waals surface area contributed by atoms with Crippen molar-refractivity contribution in [3.63, 3.8) is 0 Å². The number of hydrogen-bond donors (Lipinski definition) is 1. The van der Waals surface area contributed by atoms with Gasteiger partial charge in [0.05, 0.1) is 23.1 Å². The van der Waals surface area contributed by atoms with Crippen LogP contribution in [0.25, 0.3) is 16.9 Å². The predicted molar refractivity (Wildman–Crippen MR) is 81.5 cm³/mol. The molecule has 0 spiro atoms. The molecule has 1 aromatic heterocycles. The van der Waals surface area contributed by atoms with E-state index in [1.807, 2.05) is 30.3 Å². The number of halogens is 1. The van der Waals surface area contributed by atoms with Crippen LogP contribution in [0.1, 0.15) is 10.4 Å². The van der Waals surface area contributed by atoms with Gasteiger partial charge in [-0.25, -0.2) is 9.48 Å². The fourth-order valence-electron chi connectivity index (χ4n) is 2.10. The van der Waals surface area contributed by atoms with Gasteiger partial charge in [0, 0.05) is 10.0 Å². The first-order valence-corrected chi connectivity index (χ1v) is 6.95. The van der Waals surface area contributed by atoms with Crippen LogP contribution >= 0.6 is 15.9 Å². The summed E-state index contributed by atoms with van der Waals surface area (Å²) in [5.41, 5.74) is 2.22. The van der Waals surface area contributed by atoms with E-state index in [4.69, 9.17) is 0 Å². The Labute approximate surface area is 129 Å². The molecule has 0 aliphatic carbocycles. The standard InChI is InChI=1S/C15H10BrN3O2/c16-10-6-7-12(13(8-10)15(20)21)14-9-17-18-19(14)11-4-2-1-3-5-11/h1-9H,(H,20,21). The number of aromatic carboxylic acids is 1. The van der Waals surface area contributed by atoms with Crippen molar-refractivity contribution in [3.05, 3.63) is 64.8 Å². The number of carbonyl (C=O) groups is 1. The van der Waals surface area contributed by atoms with Gasteiger partial charge in [-0.15, -0.1) is 5.10 Å². The lowest BCUT2D eigenvalue weighted by Gasteiger charge is -2.09. The van der Waals surface area contributed by atoms with Crippen molar-refractivity contribution in [3.8, 4) is 16.9 Å². The van der Waals surface area contributed by atoms with Crippen LogP contribution in [0, 0.1) is 0 Å². The summed E-state index contributed by atoms with van der Waals surface area (Å²) in [6.07, 6.45) is 1.56. The zero-order valence-corrected chi connectivity index (χ0v) is 12.4. The monoisotopic (exact) mass is 343 g/mol. The molecule has 0 atom stereocenters. The third-order valence-corrected chi connectivity index (χ3v) is 3.53. The predicted octanol–water partition coefficient (Wildman–Crippen LogP) is 3.40. The van der Waals surface area contributed by atoms with Crippen molar-refractivity contribution in [1.29, 1.82) is 0 Å². The summed E-state index contributed by atoms with van der Waals surface area (Å²) < 4.78 is 2.33. The number of aromatic nitrogens is 3. The average molecular weight is 344 g/mol. The molecule has 0 radical (unpaired) electrons. The number of para-hydroxylation sites is 1. The molecule has 3 rings (SSSR count). The van der Waals surface area contributed by atoms with Gasteiger partial charge in [-0.05, 0) is 24.3 Å². The number of benzene rings is 2. The first-order chi connectivity index (χ1) is 10.2. The number of hydrogen-bond acceptors (Lipinski definition) is 3. The summed E-state index contributed by atoms with van der Waals surface area (Å²) in [4.78, 5) is 11.4. The summed E-state index contributed by atoms with van der Waals surface area (Å²) in [6.45, 7) is 0. The van der Waals surface area contributed by atoms with Crippen molar-refractivity contribution >= 4 is 21.9 Å². The summed E-state index contributed by atoms with van der Waals surface area (Å²) in [5.74, 6) is -0.993. The fraction of sp³-hybridized carbons (Fsp3) is 0. The zero-order valence-electron chi connectivity index (χ0n) is 10.8. The SMILES string of the molecule is O=C(O)c1cc(Br)ccc1-c1cnnn1-c1ccccc1. The molecule has 0 fully saturated rings. The van der Waals surface area contributed by atoms with Crippen LogP contribution in [0.2, 0.25) is 0 Å². The third kappa shape index (κ3) is 2.57. The highest BCUT2D eigenvalue weighted by Crippen LogP contribution is 2.27. The molecule has 104 valence electrons. The molecule has 0 saturated carbocycles. The van der Waals surface area contributed by atoms with Crippen molar-refractivity contribution in [2.45, 2.75) is 0 Å². The third-order valence-electron chi connectivity index (χ3n) is 3.04. The van der Waals surface area contributed by atoms with Gasteiger partial charge in [-0.2, -0.15) is 0 Å². The Morgan fingerprint density at radius 2 is 1.90 bits per heavy atom. The molecule has 0 saturated heterocycles. The Hall–Kier alpha value is -2.47. The number of nitrogens with zero attached hydrogens (tertiary/aromatic N) is 3. The summed E-state index contributed by atoms with van der Waals surface area (Å²) >= 11 is 3.29. The topological polar surface area (TPSA) is 68.0 Å². The lowest BCUT2D eigenvalue weighted by atomic mass is 10.0. The molecular weight excluding hydrogens is 334 g/mol. The van der Waals surface area contributed by atoms with Crippen molar-refractivity contribution in [2.24, 2.45) is 0 Å². The van der Waals surface area contributed by atoms with E-state index in [0.717, 1.165) is 5.69 Å². The second-order valence-electron chi connectivity index (χ2n) is 4.36. The fourth-order valence-corrected chi connectivity index (χ4v) is 2.46. The Bertz CT molecular complexity index is 800. The molecule has 0 unspecified atom stereocenters. The second kappa shape index (κ2) is 5.49. The smallest absolute Gasteiger partial charge is 0.336 e. The summed E-state index contributed by atoms with van der Waals surface area (Å²) in [6, 6.07) is 14.6. The van der Waals surface area contributed by atoms with Gasteiger partial charge in [0.15, 0.2) is 0 Å². The lowest BCUT2D eigenvalue weighted by molar-refractivity contribution is 0.0697. The second-order valence-corrected chi connectivity index (χ2v) is 5.28. The zero-order chi connectivity index (χ0) is 14.8. The van der Waals surface area contributed by atoms with E-state index in [2.05, 4.69) is 26.2 Å². The molecule has 5 nitrogen and oxygen atoms in total. The van der Waals surface area contributed by atoms with Crippen LogP contribution < -0.4 is 0 Å². The molecule has 1 N–H and O–H groups in total.